The van der Waals surface area contributed by atoms with Crippen molar-refractivity contribution in [1.82, 2.24) is 10.2 Å². The zero-order valence-electron chi connectivity index (χ0n) is 15.1. The van der Waals surface area contributed by atoms with E-state index in [0.717, 1.165) is 5.69 Å². The number of nitro groups is 1. The van der Waals surface area contributed by atoms with Crippen LogP contribution >= 0.6 is 23.1 Å². The van der Waals surface area contributed by atoms with Crippen LogP contribution in [0.2, 0.25) is 0 Å². The molecule has 3 aromatic rings. The Balaban J connectivity index is 1.69. The van der Waals surface area contributed by atoms with Crippen LogP contribution in [0, 0.1) is 24.0 Å². The van der Waals surface area contributed by atoms with Crippen LogP contribution in [-0.2, 0) is 5.75 Å². The van der Waals surface area contributed by atoms with Crippen molar-refractivity contribution in [3.05, 3.63) is 68.8 Å². The minimum atomic E-state index is -0.700. The average molecular weight is 416 g/mol. The number of rotatable bonds is 7. The van der Waals surface area contributed by atoms with E-state index >= 15 is 0 Å². The summed E-state index contributed by atoms with van der Waals surface area (Å²) in [5.74, 6) is -0.373. The number of hydrogen-bond donors (Lipinski definition) is 2. The van der Waals surface area contributed by atoms with Crippen molar-refractivity contribution in [2.75, 3.05) is 5.32 Å². The molecule has 28 heavy (non-hydrogen) atoms. The number of carbonyl (C=O) groups is 1. The summed E-state index contributed by atoms with van der Waals surface area (Å²) in [6.45, 7) is 4.09. The highest BCUT2D eigenvalue weighted by Gasteiger charge is 2.17. The van der Waals surface area contributed by atoms with Crippen LogP contribution in [-0.4, -0.2) is 21.0 Å². The third kappa shape index (κ3) is 4.65. The van der Waals surface area contributed by atoms with Crippen LogP contribution in [0.25, 0.3) is 0 Å². The minimum Gasteiger partial charge on any atom is -0.366 e. The van der Waals surface area contributed by atoms with E-state index in [9.17, 15) is 14.9 Å². The summed E-state index contributed by atoms with van der Waals surface area (Å²) in [5.41, 5.74) is 8.96. The van der Waals surface area contributed by atoms with Gasteiger partial charge in [-0.25, -0.2) is 0 Å². The highest BCUT2D eigenvalue weighted by Crippen LogP contribution is 2.32. The van der Waals surface area contributed by atoms with Gasteiger partial charge in [-0.1, -0.05) is 35.2 Å². The van der Waals surface area contributed by atoms with Gasteiger partial charge in [-0.2, -0.15) is 0 Å². The zero-order valence-corrected chi connectivity index (χ0v) is 16.8. The van der Waals surface area contributed by atoms with E-state index in [-0.39, 0.29) is 11.3 Å². The largest absolute Gasteiger partial charge is 0.366 e. The number of primary amides is 1. The number of nitrogens with two attached hydrogens (primary N) is 1. The summed E-state index contributed by atoms with van der Waals surface area (Å²) in [5, 5.41) is 23.4. The molecule has 0 unspecified atom stereocenters. The molecule has 0 radical (unpaired) electrons. The third-order valence-corrected chi connectivity index (χ3v) is 6.10. The Morgan fingerprint density at radius 3 is 2.68 bits per heavy atom. The van der Waals surface area contributed by atoms with Crippen LogP contribution in [0.3, 0.4) is 0 Å². The number of nitrogens with one attached hydrogen (secondary N) is 1. The van der Waals surface area contributed by atoms with Crippen molar-refractivity contribution in [3.63, 3.8) is 0 Å². The predicted molar refractivity (Wildman–Crippen MR) is 110 cm³/mol. The predicted octanol–water partition coefficient (Wildman–Crippen LogP) is 4.20. The van der Waals surface area contributed by atoms with Gasteiger partial charge in [-0.3, -0.25) is 14.9 Å². The molecule has 1 amide bonds. The van der Waals surface area contributed by atoms with Gasteiger partial charge in [0.2, 0.25) is 11.0 Å². The van der Waals surface area contributed by atoms with E-state index in [1.807, 2.05) is 32.0 Å². The molecule has 2 aromatic carbocycles. The number of anilines is 2. The fraction of sp³-hybridized carbons (Fsp3) is 0.167. The van der Waals surface area contributed by atoms with Gasteiger partial charge in [0.25, 0.3) is 5.69 Å². The van der Waals surface area contributed by atoms with Gasteiger partial charge in [0.05, 0.1) is 4.92 Å². The van der Waals surface area contributed by atoms with Gasteiger partial charge in [-0.05, 0) is 43.2 Å². The Bertz CT molecular complexity index is 1050. The molecule has 1 heterocycles. The average Bonchev–Trinajstić information content (AvgIpc) is 3.10. The van der Waals surface area contributed by atoms with Crippen molar-refractivity contribution < 1.29 is 9.72 Å². The lowest BCUT2D eigenvalue weighted by atomic mass is 10.1. The molecule has 8 nitrogen and oxygen atoms in total. The number of thioether (sulfide) groups is 1. The number of aromatic nitrogens is 2. The van der Waals surface area contributed by atoms with Crippen LogP contribution in [0.5, 0.6) is 0 Å². The van der Waals surface area contributed by atoms with Crippen molar-refractivity contribution in [1.29, 1.82) is 0 Å². The Labute approximate surface area is 169 Å². The lowest BCUT2D eigenvalue weighted by molar-refractivity contribution is -0.385. The quantitative estimate of drug-likeness (QED) is 0.337. The molecule has 0 aliphatic carbocycles. The Hall–Kier alpha value is -2.98. The Morgan fingerprint density at radius 2 is 2.00 bits per heavy atom. The van der Waals surface area contributed by atoms with Crippen LogP contribution in [0.15, 0.2) is 40.7 Å². The molecule has 10 heteroatoms. The maximum atomic E-state index is 11.3. The van der Waals surface area contributed by atoms with E-state index in [4.69, 9.17) is 5.73 Å². The lowest BCUT2D eigenvalue weighted by Gasteiger charge is -2.05. The second-order valence-corrected chi connectivity index (χ2v) is 8.25. The third-order valence-electron chi connectivity index (χ3n) is 4.08. The summed E-state index contributed by atoms with van der Waals surface area (Å²) in [7, 11) is 0. The molecule has 0 saturated carbocycles. The van der Waals surface area contributed by atoms with E-state index in [0.29, 0.717) is 20.8 Å². The van der Waals surface area contributed by atoms with Gasteiger partial charge in [0, 0.05) is 28.6 Å². The second kappa shape index (κ2) is 8.36. The number of carbonyl (C=O) groups excluding carboxylic acids is 1. The van der Waals surface area contributed by atoms with E-state index in [1.165, 1.54) is 46.4 Å². The highest BCUT2D eigenvalue weighted by molar-refractivity contribution is 8.00. The van der Waals surface area contributed by atoms with Gasteiger partial charge < -0.3 is 11.1 Å². The Kier molecular flexibility index (Phi) is 5.90. The van der Waals surface area contributed by atoms with Gasteiger partial charge in [-0.15, -0.1) is 10.2 Å². The molecule has 0 bridgehead atoms. The maximum Gasteiger partial charge on any atom is 0.274 e. The summed E-state index contributed by atoms with van der Waals surface area (Å²) in [6, 6.07) is 10.3. The molecular weight excluding hydrogens is 398 g/mol. The smallest absolute Gasteiger partial charge is 0.274 e. The monoisotopic (exact) mass is 415 g/mol. The topological polar surface area (TPSA) is 124 Å². The van der Waals surface area contributed by atoms with E-state index in [1.54, 1.807) is 6.07 Å². The van der Waals surface area contributed by atoms with Gasteiger partial charge >= 0.3 is 0 Å². The Morgan fingerprint density at radius 1 is 1.21 bits per heavy atom. The molecule has 0 aliphatic rings. The maximum absolute atomic E-state index is 11.3. The number of amides is 1. The first-order valence-corrected chi connectivity index (χ1v) is 10.0. The van der Waals surface area contributed by atoms with Crippen molar-refractivity contribution >= 4 is 45.5 Å². The summed E-state index contributed by atoms with van der Waals surface area (Å²) >= 11 is 2.71. The second-order valence-electron chi connectivity index (χ2n) is 6.05. The molecule has 0 fully saturated rings. The first kappa shape index (κ1) is 19.8. The van der Waals surface area contributed by atoms with Gasteiger partial charge in [0.15, 0.2) is 4.34 Å². The number of benzene rings is 2. The first-order valence-electron chi connectivity index (χ1n) is 8.21. The lowest BCUT2D eigenvalue weighted by Crippen LogP contribution is -2.11. The number of hydrogen-bond acceptors (Lipinski definition) is 8. The summed E-state index contributed by atoms with van der Waals surface area (Å²) in [6.07, 6.45) is 0. The molecule has 0 aliphatic heterocycles. The number of aryl methyl sites for hydroxylation is 2. The molecule has 0 atom stereocenters. The fourth-order valence-corrected chi connectivity index (χ4v) is 4.18. The highest BCUT2D eigenvalue weighted by atomic mass is 32.2. The zero-order chi connectivity index (χ0) is 20.3. The SMILES string of the molecule is Cc1ccc(Nc2nnc(SCc3ccc(C(N)=O)cc3[N+](=O)[O-])s2)cc1C. The fourth-order valence-electron chi connectivity index (χ4n) is 2.41. The normalized spacial score (nSPS) is 10.6. The molecular formula is C18H17N5O3S2. The van der Waals surface area contributed by atoms with Crippen LogP contribution in [0.4, 0.5) is 16.5 Å². The number of nitro benzene ring substituents is 1. The van der Waals surface area contributed by atoms with Crippen LogP contribution < -0.4 is 11.1 Å². The van der Waals surface area contributed by atoms with Crippen LogP contribution in [0.1, 0.15) is 27.0 Å². The minimum absolute atomic E-state index is 0.108. The van der Waals surface area contributed by atoms with Crippen molar-refractivity contribution in [2.45, 2.75) is 23.9 Å². The molecule has 1 aromatic heterocycles. The van der Waals surface area contributed by atoms with Crippen molar-refractivity contribution in [3.8, 4) is 0 Å². The number of nitrogens with zero attached hydrogens (tertiary/aromatic N) is 3. The molecule has 144 valence electrons. The standard InChI is InChI=1S/C18H17N5O3S2/c1-10-3-6-14(7-11(10)2)20-17-21-22-18(28-17)27-9-13-5-4-12(16(19)24)8-15(13)23(25)26/h3-8H,9H2,1-2H3,(H2,19,24)(H,20,21). The van der Waals surface area contributed by atoms with Crippen molar-refractivity contribution in [2.24, 2.45) is 5.73 Å². The summed E-state index contributed by atoms with van der Waals surface area (Å²) in [4.78, 5) is 22.0. The molecule has 3 rings (SSSR count). The van der Waals surface area contributed by atoms with E-state index < -0.39 is 10.8 Å². The van der Waals surface area contributed by atoms with E-state index in [2.05, 4.69) is 15.5 Å². The molecule has 0 spiro atoms. The molecule has 0 saturated heterocycles. The summed E-state index contributed by atoms with van der Waals surface area (Å²) < 4.78 is 0.680. The van der Waals surface area contributed by atoms with Gasteiger partial charge in [0.1, 0.15) is 0 Å². The first-order chi connectivity index (χ1) is 13.3. The molecule has 3 N–H and O–H groups in total.